The van der Waals surface area contributed by atoms with Gasteiger partial charge in [0.05, 0.1) is 24.1 Å². The van der Waals surface area contributed by atoms with Crippen molar-refractivity contribution in [1.29, 1.82) is 0 Å². The maximum absolute atomic E-state index is 13.4. The Morgan fingerprint density at radius 1 is 0.820 bits per heavy atom. The minimum absolute atomic E-state index is 0.0529. The van der Waals surface area contributed by atoms with Crippen LogP contribution in [0.15, 0.2) is 103 Å². The van der Waals surface area contributed by atoms with E-state index in [1.54, 1.807) is 6.20 Å². The van der Waals surface area contributed by atoms with E-state index < -0.39 is 0 Å². The van der Waals surface area contributed by atoms with Crippen LogP contribution in [0.25, 0.3) is 0 Å². The predicted octanol–water partition coefficient (Wildman–Crippen LogP) is 11.9. The molecule has 270 valence electrons. The molecule has 0 aromatic heterocycles. The monoisotopic (exact) mass is 680 g/mol. The first-order valence-corrected chi connectivity index (χ1v) is 18.2. The number of carbonyl (C=O) groups is 2. The second-order valence-corrected chi connectivity index (χ2v) is 18.6. The van der Waals surface area contributed by atoms with Crippen molar-refractivity contribution in [2.45, 2.75) is 115 Å². The van der Waals surface area contributed by atoms with Crippen molar-refractivity contribution in [1.82, 2.24) is 0 Å². The molecular weight excluding hydrogens is 620 g/mol. The second-order valence-electron chi connectivity index (χ2n) is 18.6. The first-order valence-electron chi connectivity index (χ1n) is 18.2. The van der Waals surface area contributed by atoms with Crippen molar-refractivity contribution in [3.63, 3.8) is 0 Å². The molecule has 3 aliphatic rings. The lowest BCUT2D eigenvalue weighted by molar-refractivity contribution is -0.138. The molecule has 0 radical (unpaired) electrons. The highest BCUT2D eigenvalue weighted by atomic mass is 16.5. The molecule has 3 unspecified atom stereocenters. The molecule has 1 aromatic carbocycles. The van der Waals surface area contributed by atoms with Crippen LogP contribution in [0.1, 0.15) is 109 Å². The molecule has 3 atom stereocenters. The number of hydrogen-bond donors (Lipinski definition) is 0. The van der Waals surface area contributed by atoms with Gasteiger partial charge in [-0.05, 0) is 101 Å². The summed E-state index contributed by atoms with van der Waals surface area (Å²) in [6, 6.07) is 7.57. The Morgan fingerprint density at radius 2 is 1.42 bits per heavy atom. The molecule has 0 bridgehead atoms. The molecular formula is C43H60N4O3. The van der Waals surface area contributed by atoms with Gasteiger partial charge in [0.15, 0.2) is 5.78 Å². The van der Waals surface area contributed by atoms with Crippen molar-refractivity contribution in [2.75, 3.05) is 6.54 Å². The quantitative estimate of drug-likeness (QED) is 0.268. The van der Waals surface area contributed by atoms with Gasteiger partial charge in [-0.15, -0.1) is 0 Å². The van der Waals surface area contributed by atoms with Gasteiger partial charge in [0.2, 0.25) is 0 Å². The normalized spacial score (nSPS) is 25.2. The van der Waals surface area contributed by atoms with Crippen LogP contribution >= 0.6 is 0 Å². The number of nitrogens with zero attached hydrogens (tertiary/aromatic N) is 4. The lowest BCUT2D eigenvalue weighted by atomic mass is 9.59. The summed E-state index contributed by atoms with van der Waals surface area (Å²) in [7, 11) is 0. The summed E-state index contributed by atoms with van der Waals surface area (Å²) in [5, 5.41) is 17.9. The highest BCUT2D eigenvalue weighted by Crippen LogP contribution is 2.46. The number of benzene rings is 1. The van der Waals surface area contributed by atoms with E-state index in [1.165, 1.54) is 0 Å². The molecule has 50 heavy (non-hydrogen) atoms. The maximum atomic E-state index is 13.4. The van der Waals surface area contributed by atoms with Gasteiger partial charge in [-0.3, -0.25) is 9.59 Å². The molecule has 7 nitrogen and oxygen atoms in total. The molecule has 3 aliphatic carbocycles. The van der Waals surface area contributed by atoms with Gasteiger partial charge in [0.1, 0.15) is 17.6 Å². The van der Waals surface area contributed by atoms with Crippen LogP contribution in [0.2, 0.25) is 0 Å². The number of rotatable bonds is 7. The van der Waals surface area contributed by atoms with E-state index in [1.807, 2.05) is 49.4 Å². The fourth-order valence-electron chi connectivity index (χ4n) is 7.23. The van der Waals surface area contributed by atoms with Crippen LogP contribution in [0, 0.1) is 39.4 Å². The Hall–Kier alpha value is -3.74. The van der Waals surface area contributed by atoms with Crippen molar-refractivity contribution < 1.29 is 14.3 Å². The van der Waals surface area contributed by atoms with Gasteiger partial charge in [-0.2, -0.15) is 20.5 Å². The smallest absolute Gasteiger partial charge is 0.186 e. The summed E-state index contributed by atoms with van der Waals surface area (Å²) in [6.45, 7) is 28.1. The third-order valence-corrected chi connectivity index (χ3v) is 10.1. The zero-order valence-corrected chi connectivity index (χ0v) is 32.8. The Bertz CT molecular complexity index is 1630. The number of hydrogen-bond acceptors (Lipinski definition) is 7. The summed E-state index contributed by atoms with van der Waals surface area (Å²) in [5.41, 5.74) is 4.37. The van der Waals surface area contributed by atoms with Crippen LogP contribution in [0.4, 0.5) is 5.69 Å². The fourth-order valence-corrected chi connectivity index (χ4v) is 7.23. The van der Waals surface area contributed by atoms with E-state index in [0.717, 1.165) is 46.6 Å². The van der Waals surface area contributed by atoms with E-state index in [9.17, 15) is 9.59 Å². The molecule has 1 aromatic rings. The van der Waals surface area contributed by atoms with Crippen LogP contribution in [-0.2, 0) is 9.59 Å². The standard InChI is InChI=1S/C43H60N4O3/c1-27-29(24-36(42(8,9)10)39(49)37(27)43(11,12)13)26-45-47-31-16-20-33(21-17-31)50-32-18-14-30(15-19-32)46-44-25-28-22-34(40(2,3)4)38(48)35(23-28)41(5,6)7/h14-18,20-21,24,26,28,32,34-35H,19,22-23,25H2,1-13H3/b29-26-,46-44+,47-45+. The summed E-state index contributed by atoms with van der Waals surface area (Å²) < 4.78 is 6.20. The second kappa shape index (κ2) is 14.9. The first-order chi connectivity index (χ1) is 23.1. The fraction of sp³-hybridized carbons (Fsp3) is 0.581. The van der Waals surface area contributed by atoms with Gasteiger partial charge in [-0.1, -0.05) is 89.2 Å². The van der Waals surface area contributed by atoms with Gasteiger partial charge in [-0.25, -0.2) is 0 Å². The van der Waals surface area contributed by atoms with Crippen LogP contribution < -0.4 is 4.74 Å². The van der Waals surface area contributed by atoms with Gasteiger partial charge < -0.3 is 4.74 Å². The van der Waals surface area contributed by atoms with E-state index in [2.05, 4.69) is 110 Å². The molecule has 0 spiro atoms. The Labute approximate surface area is 301 Å². The number of carbonyl (C=O) groups excluding carboxylic acids is 2. The zero-order valence-electron chi connectivity index (χ0n) is 32.8. The maximum Gasteiger partial charge on any atom is 0.186 e. The molecule has 4 rings (SSSR count). The summed E-state index contributed by atoms with van der Waals surface area (Å²) in [6.07, 6.45) is 12.1. The largest absolute Gasteiger partial charge is 0.486 e. The van der Waals surface area contributed by atoms with Crippen molar-refractivity contribution >= 4 is 17.3 Å². The van der Waals surface area contributed by atoms with Crippen molar-refractivity contribution in [3.05, 3.63) is 82.8 Å². The number of ether oxygens (including phenoxy) is 1. The SMILES string of the molecule is CC1=C(C(C)(C)C)C(=O)C(C(C)(C)C)=C/C1=C/N=N/c1ccc(OC2C=CC(/N=N/CC3CC(C(C)(C)C)C(=O)C(C(C)(C)C)C3)=CC2)cc1. The highest BCUT2D eigenvalue weighted by molar-refractivity contribution is 6.12. The van der Waals surface area contributed by atoms with Gasteiger partial charge >= 0.3 is 0 Å². The lowest BCUT2D eigenvalue weighted by Gasteiger charge is -2.44. The predicted molar refractivity (Wildman–Crippen MR) is 203 cm³/mol. The van der Waals surface area contributed by atoms with Crippen LogP contribution in [-0.4, -0.2) is 24.2 Å². The van der Waals surface area contributed by atoms with Gasteiger partial charge in [0.25, 0.3) is 0 Å². The summed E-state index contributed by atoms with van der Waals surface area (Å²) >= 11 is 0. The topological polar surface area (TPSA) is 92.8 Å². The number of azo groups is 2. The Balaban J connectivity index is 1.34. The molecule has 0 saturated heterocycles. The number of allylic oxidation sites excluding steroid dienone is 6. The molecule has 0 heterocycles. The number of ketones is 2. The molecule has 0 N–H and O–H groups in total. The molecule has 0 amide bonds. The Morgan fingerprint density at radius 3 is 1.92 bits per heavy atom. The van der Waals surface area contributed by atoms with Gasteiger partial charge in [0, 0.05) is 29.4 Å². The molecule has 1 saturated carbocycles. The van der Waals surface area contributed by atoms with E-state index >= 15 is 0 Å². The minimum atomic E-state index is -0.280. The van der Waals surface area contributed by atoms with E-state index in [-0.39, 0.29) is 45.4 Å². The lowest BCUT2D eigenvalue weighted by Crippen LogP contribution is -2.45. The minimum Gasteiger partial charge on any atom is -0.486 e. The highest BCUT2D eigenvalue weighted by Gasteiger charge is 2.45. The van der Waals surface area contributed by atoms with Crippen LogP contribution in [0.5, 0.6) is 5.75 Å². The van der Waals surface area contributed by atoms with E-state index in [4.69, 9.17) is 4.74 Å². The third kappa shape index (κ3) is 9.73. The molecule has 0 aliphatic heterocycles. The summed E-state index contributed by atoms with van der Waals surface area (Å²) in [5.74, 6) is 1.75. The average molecular weight is 681 g/mol. The molecule has 7 heteroatoms. The number of Topliss-reactive ketones (excluding diaryl/α,β-unsaturated/α-hetero) is 2. The first kappa shape index (κ1) is 39.1. The Kier molecular flexibility index (Phi) is 11.6. The van der Waals surface area contributed by atoms with Crippen LogP contribution in [0.3, 0.4) is 0 Å². The zero-order chi connectivity index (χ0) is 37.2. The average Bonchev–Trinajstić information content (AvgIpc) is 2.98. The summed E-state index contributed by atoms with van der Waals surface area (Å²) in [4.78, 5) is 26.7. The van der Waals surface area contributed by atoms with E-state index in [0.29, 0.717) is 30.4 Å². The third-order valence-electron chi connectivity index (χ3n) is 10.1. The van der Waals surface area contributed by atoms with Crippen molar-refractivity contribution in [2.24, 2.45) is 59.9 Å². The molecule has 1 fully saturated rings. The van der Waals surface area contributed by atoms with Crippen molar-refractivity contribution in [3.8, 4) is 5.75 Å².